The molecule has 2 rings (SSSR count). The van der Waals surface area contributed by atoms with Crippen molar-refractivity contribution >= 4 is 16.9 Å². The fraction of sp³-hybridized carbons (Fsp3) is 0.357. The van der Waals surface area contributed by atoms with E-state index in [-0.39, 0.29) is 19.0 Å². The Kier molecular flexibility index (Phi) is 3.86. The van der Waals surface area contributed by atoms with Crippen LogP contribution in [0.1, 0.15) is 21.7 Å². The minimum Gasteiger partial charge on any atom is -0.312 e. The van der Waals surface area contributed by atoms with Gasteiger partial charge in [-0.1, -0.05) is 0 Å². The third kappa shape index (κ3) is 2.54. The molecule has 0 N–H and O–H groups in total. The van der Waals surface area contributed by atoms with Gasteiger partial charge in [-0.15, -0.1) is 0 Å². The molecule has 0 aliphatic carbocycles. The number of rotatable bonds is 3. The van der Waals surface area contributed by atoms with Crippen LogP contribution in [0.15, 0.2) is 6.07 Å². The van der Waals surface area contributed by atoms with E-state index in [0.717, 1.165) is 0 Å². The molecule has 0 aromatic carbocycles. The topological polar surface area (TPSA) is 98.6 Å². The van der Waals surface area contributed by atoms with Gasteiger partial charge in [-0.2, -0.15) is 15.6 Å². The van der Waals surface area contributed by atoms with Crippen molar-refractivity contribution in [2.75, 3.05) is 13.1 Å². The number of pyridine rings is 1. The summed E-state index contributed by atoms with van der Waals surface area (Å²) < 4.78 is 1.62. The first-order valence-electron chi connectivity index (χ1n) is 6.33. The van der Waals surface area contributed by atoms with Crippen molar-refractivity contribution < 1.29 is 4.79 Å². The molecular weight excluding hydrogens is 268 g/mol. The summed E-state index contributed by atoms with van der Waals surface area (Å²) in [6.45, 7) is 3.33. The van der Waals surface area contributed by atoms with Gasteiger partial charge in [0.2, 0.25) is 0 Å². The molecule has 7 nitrogen and oxygen atoms in total. The molecule has 0 bridgehead atoms. The summed E-state index contributed by atoms with van der Waals surface area (Å²) in [6.07, 6.45) is 0. The lowest BCUT2D eigenvalue weighted by Gasteiger charge is -2.16. The van der Waals surface area contributed by atoms with Crippen LogP contribution in [0.4, 0.5) is 0 Å². The highest BCUT2D eigenvalue weighted by molar-refractivity contribution is 6.06. The normalized spacial score (nSPS) is 10.1. The second-order valence-corrected chi connectivity index (χ2v) is 4.70. The molecule has 0 atom stereocenters. The average molecular weight is 282 g/mol. The SMILES string of the molecule is Cc1cc(C(=O)N(CC#N)CC#N)c2c(C)nn(C)c2n1. The zero-order chi connectivity index (χ0) is 15.6. The van der Waals surface area contributed by atoms with Crippen molar-refractivity contribution in [2.24, 2.45) is 7.05 Å². The highest BCUT2D eigenvalue weighted by Crippen LogP contribution is 2.22. The summed E-state index contributed by atoms with van der Waals surface area (Å²) in [7, 11) is 1.76. The van der Waals surface area contributed by atoms with E-state index in [9.17, 15) is 4.79 Å². The smallest absolute Gasteiger partial charge is 0.256 e. The number of carbonyl (C=O) groups is 1. The summed E-state index contributed by atoms with van der Waals surface area (Å²) in [5, 5.41) is 22.5. The van der Waals surface area contributed by atoms with E-state index in [1.807, 2.05) is 12.1 Å². The molecule has 2 aromatic rings. The molecule has 0 aliphatic rings. The number of fused-ring (bicyclic) bond motifs is 1. The van der Waals surface area contributed by atoms with E-state index in [4.69, 9.17) is 10.5 Å². The summed E-state index contributed by atoms with van der Waals surface area (Å²) in [5.74, 6) is -0.357. The fourth-order valence-electron chi connectivity index (χ4n) is 2.28. The molecule has 0 radical (unpaired) electrons. The quantitative estimate of drug-likeness (QED) is 0.784. The van der Waals surface area contributed by atoms with Crippen LogP contribution in [-0.2, 0) is 7.05 Å². The number of hydrogen-bond donors (Lipinski definition) is 0. The fourth-order valence-corrected chi connectivity index (χ4v) is 2.28. The van der Waals surface area contributed by atoms with Gasteiger partial charge in [0, 0.05) is 12.7 Å². The largest absolute Gasteiger partial charge is 0.312 e. The highest BCUT2D eigenvalue weighted by atomic mass is 16.2. The van der Waals surface area contributed by atoms with Crippen molar-refractivity contribution in [3.63, 3.8) is 0 Å². The van der Waals surface area contributed by atoms with E-state index >= 15 is 0 Å². The van der Waals surface area contributed by atoms with Gasteiger partial charge < -0.3 is 4.90 Å². The maximum Gasteiger partial charge on any atom is 0.256 e. The second kappa shape index (κ2) is 5.59. The third-order valence-corrected chi connectivity index (χ3v) is 3.14. The number of aryl methyl sites for hydroxylation is 3. The van der Waals surface area contributed by atoms with Crippen molar-refractivity contribution in [3.05, 3.63) is 23.0 Å². The van der Waals surface area contributed by atoms with Crippen molar-refractivity contribution in [3.8, 4) is 12.1 Å². The van der Waals surface area contributed by atoms with Crippen LogP contribution in [-0.4, -0.2) is 38.7 Å². The van der Waals surface area contributed by atoms with Crippen LogP contribution >= 0.6 is 0 Å². The highest BCUT2D eigenvalue weighted by Gasteiger charge is 2.22. The number of aromatic nitrogens is 3. The predicted molar refractivity (Wildman–Crippen MR) is 75.1 cm³/mol. The number of carbonyl (C=O) groups excluding carboxylic acids is 1. The Hall–Kier alpha value is -2.93. The molecule has 2 aromatic heterocycles. The Balaban J connectivity index is 2.63. The Bertz CT molecular complexity index is 776. The number of amides is 1. The molecule has 0 fully saturated rings. The number of nitriles is 2. The lowest BCUT2D eigenvalue weighted by molar-refractivity contribution is 0.0796. The van der Waals surface area contributed by atoms with E-state index < -0.39 is 0 Å². The van der Waals surface area contributed by atoms with Crippen LogP contribution in [0.2, 0.25) is 0 Å². The lowest BCUT2D eigenvalue weighted by atomic mass is 10.1. The first-order chi connectivity index (χ1) is 9.99. The average Bonchev–Trinajstić information content (AvgIpc) is 2.72. The zero-order valence-electron chi connectivity index (χ0n) is 12.1. The third-order valence-electron chi connectivity index (χ3n) is 3.14. The van der Waals surface area contributed by atoms with Crippen molar-refractivity contribution in [2.45, 2.75) is 13.8 Å². The Morgan fingerprint density at radius 2 is 1.95 bits per heavy atom. The van der Waals surface area contributed by atoms with Crippen LogP contribution in [0.25, 0.3) is 11.0 Å². The molecular formula is C14H14N6O. The van der Waals surface area contributed by atoms with Gasteiger partial charge in [-0.3, -0.25) is 9.48 Å². The number of nitrogens with zero attached hydrogens (tertiary/aromatic N) is 6. The summed E-state index contributed by atoms with van der Waals surface area (Å²) in [5.41, 5.74) is 2.42. The van der Waals surface area contributed by atoms with Crippen molar-refractivity contribution in [1.29, 1.82) is 10.5 Å². The lowest BCUT2D eigenvalue weighted by Crippen LogP contribution is -2.32. The molecule has 0 unspecified atom stereocenters. The molecule has 0 aliphatic heterocycles. The minimum atomic E-state index is -0.357. The van der Waals surface area contributed by atoms with Crippen LogP contribution in [0.5, 0.6) is 0 Å². The Morgan fingerprint density at radius 3 is 2.52 bits per heavy atom. The van der Waals surface area contributed by atoms with Crippen molar-refractivity contribution in [1.82, 2.24) is 19.7 Å². The molecule has 106 valence electrons. The monoisotopic (exact) mass is 282 g/mol. The first-order valence-corrected chi connectivity index (χ1v) is 6.33. The van der Waals surface area contributed by atoms with E-state index in [1.54, 1.807) is 31.6 Å². The standard InChI is InChI=1S/C14H14N6O/c1-9-8-11(14(21)20(6-4-15)7-5-16)12-10(2)18-19(3)13(12)17-9/h8H,6-7H2,1-3H3. The Morgan fingerprint density at radius 1 is 1.33 bits per heavy atom. The summed E-state index contributed by atoms with van der Waals surface area (Å²) >= 11 is 0. The summed E-state index contributed by atoms with van der Waals surface area (Å²) in [4.78, 5) is 18.2. The zero-order valence-corrected chi connectivity index (χ0v) is 12.1. The summed E-state index contributed by atoms with van der Waals surface area (Å²) in [6, 6.07) is 5.47. The van der Waals surface area contributed by atoms with E-state index in [2.05, 4.69) is 10.1 Å². The first kappa shape index (κ1) is 14.5. The molecule has 7 heteroatoms. The van der Waals surface area contributed by atoms with Crippen LogP contribution < -0.4 is 0 Å². The van der Waals surface area contributed by atoms with Gasteiger partial charge in [0.05, 0.1) is 28.8 Å². The minimum absolute atomic E-state index is 0.130. The predicted octanol–water partition coefficient (Wildman–Crippen LogP) is 1.07. The van der Waals surface area contributed by atoms with Crippen LogP contribution in [0, 0.1) is 36.5 Å². The number of hydrogen-bond acceptors (Lipinski definition) is 5. The maximum absolute atomic E-state index is 12.6. The van der Waals surface area contributed by atoms with Gasteiger partial charge in [0.25, 0.3) is 5.91 Å². The molecule has 0 saturated heterocycles. The second-order valence-electron chi connectivity index (χ2n) is 4.70. The van der Waals surface area contributed by atoms with Gasteiger partial charge in [-0.05, 0) is 19.9 Å². The van der Waals surface area contributed by atoms with Crippen LogP contribution in [0.3, 0.4) is 0 Å². The van der Waals surface area contributed by atoms with E-state index in [0.29, 0.717) is 28.0 Å². The molecule has 0 spiro atoms. The van der Waals surface area contributed by atoms with Gasteiger partial charge in [-0.25, -0.2) is 4.98 Å². The van der Waals surface area contributed by atoms with E-state index in [1.165, 1.54) is 4.90 Å². The van der Waals surface area contributed by atoms with Gasteiger partial charge in [0.1, 0.15) is 13.1 Å². The van der Waals surface area contributed by atoms with Gasteiger partial charge >= 0.3 is 0 Å². The molecule has 1 amide bonds. The molecule has 21 heavy (non-hydrogen) atoms. The molecule has 0 saturated carbocycles. The Labute approximate surface area is 122 Å². The maximum atomic E-state index is 12.6. The molecule has 2 heterocycles. The van der Waals surface area contributed by atoms with Gasteiger partial charge in [0.15, 0.2) is 5.65 Å².